The molecule has 3 rings (SSSR count). The van der Waals surface area contributed by atoms with Crippen LogP contribution < -0.4 is 5.32 Å². The van der Waals surface area contributed by atoms with Crippen molar-refractivity contribution in [3.05, 3.63) is 36.1 Å². The Morgan fingerprint density at radius 2 is 2.25 bits per heavy atom. The van der Waals surface area contributed by atoms with Crippen LogP contribution in [0.15, 0.2) is 34.7 Å². The molecule has 1 aromatic heterocycles. The average molecular weight is 272 g/mol. The third-order valence-corrected chi connectivity index (χ3v) is 4.04. The van der Waals surface area contributed by atoms with Gasteiger partial charge in [0.2, 0.25) is 0 Å². The zero-order chi connectivity index (χ0) is 13.8. The van der Waals surface area contributed by atoms with Crippen LogP contribution in [0.1, 0.15) is 31.9 Å². The summed E-state index contributed by atoms with van der Waals surface area (Å²) in [6, 6.07) is 11.1. The fourth-order valence-corrected chi connectivity index (χ4v) is 3.11. The molecule has 0 radical (unpaired) electrons. The molecule has 0 bridgehead atoms. The Labute approximate surface area is 120 Å². The van der Waals surface area contributed by atoms with E-state index < -0.39 is 0 Å². The van der Waals surface area contributed by atoms with E-state index in [0.29, 0.717) is 6.04 Å². The molecular formula is C17H24N2O. The summed E-state index contributed by atoms with van der Waals surface area (Å²) < 4.78 is 5.95. The molecule has 0 spiro atoms. The molecule has 1 saturated heterocycles. The maximum Gasteiger partial charge on any atom is 0.134 e. The van der Waals surface area contributed by atoms with Gasteiger partial charge in [0.1, 0.15) is 11.3 Å². The Morgan fingerprint density at radius 3 is 3.00 bits per heavy atom. The van der Waals surface area contributed by atoms with E-state index in [1.807, 2.05) is 12.1 Å². The molecular weight excluding hydrogens is 248 g/mol. The largest absolute Gasteiger partial charge is 0.460 e. The summed E-state index contributed by atoms with van der Waals surface area (Å²) in [5, 5.41) is 4.79. The SMILES string of the molecule is CCCN(Cc1cc2ccccc2o1)CC1CCCN1. The number of furan rings is 1. The maximum absolute atomic E-state index is 5.95. The second kappa shape index (κ2) is 6.42. The van der Waals surface area contributed by atoms with E-state index in [0.717, 1.165) is 31.0 Å². The van der Waals surface area contributed by atoms with Gasteiger partial charge in [0.05, 0.1) is 6.54 Å². The lowest BCUT2D eigenvalue weighted by atomic mass is 10.2. The highest BCUT2D eigenvalue weighted by molar-refractivity contribution is 5.77. The quantitative estimate of drug-likeness (QED) is 0.873. The molecule has 0 saturated carbocycles. The number of benzene rings is 1. The zero-order valence-corrected chi connectivity index (χ0v) is 12.3. The second-order valence-electron chi connectivity index (χ2n) is 5.78. The van der Waals surface area contributed by atoms with Crippen LogP contribution >= 0.6 is 0 Å². The van der Waals surface area contributed by atoms with Gasteiger partial charge in [-0.3, -0.25) is 4.90 Å². The van der Waals surface area contributed by atoms with Gasteiger partial charge >= 0.3 is 0 Å². The van der Waals surface area contributed by atoms with Crippen molar-refractivity contribution in [2.75, 3.05) is 19.6 Å². The first-order chi connectivity index (χ1) is 9.85. The van der Waals surface area contributed by atoms with Gasteiger partial charge in [-0.2, -0.15) is 0 Å². The third-order valence-electron chi connectivity index (χ3n) is 4.04. The molecule has 2 aromatic rings. The van der Waals surface area contributed by atoms with Gasteiger partial charge in [0.15, 0.2) is 0 Å². The van der Waals surface area contributed by atoms with Crippen molar-refractivity contribution in [1.82, 2.24) is 10.2 Å². The number of nitrogens with one attached hydrogen (secondary N) is 1. The predicted molar refractivity (Wildman–Crippen MR) is 82.8 cm³/mol. The van der Waals surface area contributed by atoms with Gasteiger partial charge in [-0.1, -0.05) is 25.1 Å². The van der Waals surface area contributed by atoms with Gasteiger partial charge in [-0.05, 0) is 44.5 Å². The molecule has 3 nitrogen and oxygen atoms in total. The van der Waals surface area contributed by atoms with Crippen LogP contribution in [-0.2, 0) is 6.54 Å². The molecule has 1 aromatic carbocycles. The number of para-hydroxylation sites is 1. The summed E-state index contributed by atoms with van der Waals surface area (Å²) in [6.07, 6.45) is 3.81. The van der Waals surface area contributed by atoms with Crippen LogP contribution in [0.4, 0.5) is 0 Å². The van der Waals surface area contributed by atoms with E-state index in [9.17, 15) is 0 Å². The van der Waals surface area contributed by atoms with Gasteiger partial charge in [-0.25, -0.2) is 0 Å². The van der Waals surface area contributed by atoms with Gasteiger partial charge in [0, 0.05) is 18.0 Å². The van der Waals surface area contributed by atoms with Crippen molar-refractivity contribution in [2.45, 2.75) is 38.8 Å². The minimum atomic E-state index is 0.658. The van der Waals surface area contributed by atoms with Crippen LogP contribution in [0.25, 0.3) is 11.0 Å². The fraction of sp³-hybridized carbons (Fsp3) is 0.529. The first-order valence-electron chi connectivity index (χ1n) is 7.78. The van der Waals surface area contributed by atoms with Crippen molar-refractivity contribution in [2.24, 2.45) is 0 Å². The molecule has 1 aliphatic heterocycles. The summed E-state index contributed by atoms with van der Waals surface area (Å²) in [5.74, 6) is 1.08. The van der Waals surface area contributed by atoms with Crippen LogP contribution in [0.3, 0.4) is 0 Å². The zero-order valence-electron chi connectivity index (χ0n) is 12.3. The van der Waals surface area contributed by atoms with E-state index in [4.69, 9.17) is 4.42 Å². The first kappa shape index (κ1) is 13.7. The third kappa shape index (κ3) is 3.22. The molecule has 2 heterocycles. The molecule has 1 atom stereocenters. The van der Waals surface area contributed by atoms with E-state index in [1.54, 1.807) is 0 Å². The molecule has 3 heteroatoms. The summed E-state index contributed by atoms with van der Waals surface area (Å²) in [5.41, 5.74) is 0.998. The lowest BCUT2D eigenvalue weighted by Gasteiger charge is -2.24. The summed E-state index contributed by atoms with van der Waals surface area (Å²) >= 11 is 0. The van der Waals surface area contributed by atoms with E-state index in [-0.39, 0.29) is 0 Å². The Hall–Kier alpha value is -1.32. The lowest BCUT2D eigenvalue weighted by molar-refractivity contribution is 0.225. The Balaban J connectivity index is 1.68. The van der Waals surface area contributed by atoms with Crippen LogP contribution in [-0.4, -0.2) is 30.6 Å². The maximum atomic E-state index is 5.95. The normalized spacial score (nSPS) is 19.2. The van der Waals surface area contributed by atoms with Gasteiger partial charge in [0.25, 0.3) is 0 Å². The molecule has 0 aliphatic carbocycles. The molecule has 1 N–H and O–H groups in total. The average Bonchev–Trinajstić information content (AvgIpc) is 3.07. The number of rotatable bonds is 6. The topological polar surface area (TPSA) is 28.4 Å². The minimum absolute atomic E-state index is 0.658. The molecule has 20 heavy (non-hydrogen) atoms. The van der Waals surface area contributed by atoms with Crippen LogP contribution in [0.2, 0.25) is 0 Å². The van der Waals surface area contributed by atoms with Crippen molar-refractivity contribution < 1.29 is 4.42 Å². The monoisotopic (exact) mass is 272 g/mol. The van der Waals surface area contributed by atoms with Crippen molar-refractivity contribution in [3.63, 3.8) is 0 Å². The van der Waals surface area contributed by atoms with Gasteiger partial charge < -0.3 is 9.73 Å². The molecule has 1 fully saturated rings. The van der Waals surface area contributed by atoms with Crippen molar-refractivity contribution in [3.8, 4) is 0 Å². The number of nitrogens with zero attached hydrogens (tertiary/aromatic N) is 1. The summed E-state index contributed by atoms with van der Waals surface area (Å²) in [7, 11) is 0. The summed E-state index contributed by atoms with van der Waals surface area (Å²) in [4.78, 5) is 2.51. The van der Waals surface area contributed by atoms with Gasteiger partial charge in [-0.15, -0.1) is 0 Å². The first-order valence-corrected chi connectivity index (χ1v) is 7.78. The fourth-order valence-electron chi connectivity index (χ4n) is 3.11. The van der Waals surface area contributed by atoms with Crippen molar-refractivity contribution in [1.29, 1.82) is 0 Å². The second-order valence-corrected chi connectivity index (χ2v) is 5.78. The Bertz CT molecular complexity index is 510. The van der Waals surface area contributed by atoms with Crippen LogP contribution in [0, 0.1) is 0 Å². The van der Waals surface area contributed by atoms with Crippen molar-refractivity contribution >= 4 is 11.0 Å². The molecule has 1 unspecified atom stereocenters. The highest BCUT2D eigenvalue weighted by atomic mass is 16.3. The number of fused-ring (bicyclic) bond motifs is 1. The highest BCUT2D eigenvalue weighted by Gasteiger charge is 2.18. The minimum Gasteiger partial charge on any atom is -0.460 e. The van der Waals surface area contributed by atoms with E-state index in [1.165, 1.54) is 31.2 Å². The Kier molecular flexibility index (Phi) is 4.38. The molecule has 1 aliphatic rings. The van der Waals surface area contributed by atoms with E-state index in [2.05, 4.69) is 35.3 Å². The highest BCUT2D eigenvalue weighted by Crippen LogP contribution is 2.20. The molecule has 108 valence electrons. The predicted octanol–water partition coefficient (Wildman–Crippen LogP) is 3.40. The summed E-state index contributed by atoms with van der Waals surface area (Å²) in [6.45, 7) is 6.60. The number of hydrogen-bond acceptors (Lipinski definition) is 3. The lowest BCUT2D eigenvalue weighted by Crippen LogP contribution is -2.37. The smallest absolute Gasteiger partial charge is 0.134 e. The standard InChI is InChI=1S/C17H24N2O/c1-2-10-19(12-15-7-5-9-18-15)13-16-11-14-6-3-4-8-17(14)20-16/h3-4,6,8,11,15,18H,2,5,7,9-10,12-13H2,1H3. The van der Waals surface area contributed by atoms with E-state index >= 15 is 0 Å². The molecule has 0 amide bonds. The van der Waals surface area contributed by atoms with Crippen LogP contribution in [0.5, 0.6) is 0 Å². The Morgan fingerprint density at radius 1 is 1.35 bits per heavy atom. The number of hydrogen-bond donors (Lipinski definition) is 1.